The molecule has 2 aromatic heterocycles. The van der Waals surface area contributed by atoms with Crippen LogP contribution in [0.3, 0.4) is 0 Å². The van der Waals surface area contributed by atoms with Gasteiger partial charge in [-0.2, -0.15) is 0 Å². The van der Waals surface area contributed by atoms with Crippen LogP contribution in [0.25, 0.3) is 11.0 Å². The summed E-state index contributed by atoms with van der Waals surface area (Å²) in [6.45, 7) is 4.35. The van der Waals surface area contributed by atoms with Gasteiger partial charge in [-0.3, -0.25) is 19.6 Å². The summed E-state index contributed by atoms with van der Waals surface area (Å²) in [5.74, 6) is 0.396. The monoisotopic (exact) mass is 354 g/mol. The van der Waals surface area contributed by atoms with Gasteiger partial charge in [-0.15, -0.1) is 0 Å². The summed E-state index contributed by atoms with van der Waals surface area (Å²) in [4.78, 5) is 44.1. The molecule has 0 aliphatic carbocycles. The molecule has 8 heteroatoms. The summed E-state index contributed by atoms with van der Waals surface area (Å²) in [6.07, 6.45) is 1.32. The molecule has 134 valence electrons. The number of hydrogen-bond donors (Lipinski definition) is 3. The first-order chi connectivity index (χ1) is 12.5. The Morgan fingerprint density at radius 1 is 1.23 bits per heavy atom. The van der Waals surface area contributed by atoms with Crippen LogP contribution in [-0.4, -0.2) is 27.5 Å². The van der Waals surface area contributed by atoms with Crippen molar-refractivity contribution in [2.45, 2.75) is 19.9 Å². The lowest BCUT2D eigenvalue weighted by Crippen LogP contribution is -2.27. The Hall–Kier alpha value is -3.42. The second-order valence-electron chi connectivity index (χ2n) is 5.73. The Morgan fingerprint density at radius 3 is 2.65 bits per heavy atom. The van der Waals surface area contributed by atoms with Gasteiger partial charge in [0.2, 0.25) is 0 Å². The summed E-state index contributed by atoms with van der Waals surface area (Å²) in [7, 11) is 0. The molecule has 0 bridgehead atoms. The van der Waals surface area contributed by atoms with Crippen molar-refractivity contribution in [3.8, 4) is 5.75 Å². The number of fused-ring (bicyclic) bond motifs is 1. The highest BCUT2D eigenvalue weighted by Gasteiger charge is 2.14. The molecule has 26 heavy (non-hydrogen) atoms. The fraction of sp³-hybridized carbons (Fsp3) is 0.222. The highest BCUT2D eigenvalue weighted by atomic mass is 16.5. The van der Waals surface area contributed by atoms with E-state index in [1.165, 1.54) is 12.3 Å². The van der Waals surface area contributed by atoms with Crippen molar-refractivity contribution in [1.29, 1.82) is 0 Å². The van der Waals surface area contributed by atoms with Gasteiger partial charge in [0.1, 0.15) is 11.4 Å². The average molecular weight is 354 g/mol. The Morgan fingerprint density at radius 2 is 1.96 bits per heavy atom. The molecule has 1 unspecified atom stereocenters. The zero-order chi connectivity index (χ0) is 18.7. The van der Waals surface area contributed by atoms with E-state index in [1.54, 1.807) is 0 Å². The normalized spacial score (nSPS) is 11.9. The Balaban J connectivity index is 1.79. The van der Waals surface area contributed by atoms with Crippen LogP contribution in [0.4, 0.5) is 0 Å². The van der Waals surface area contributed by atoms with Gasteiger partial charge in [0.15, 0.2) is 0 Å². The first kappa shape index (κ1) is 17.4. The number of pyridine rings is 1. The molecule has 0 aliphatic rings. The number of nitrogens with one attached hydrogen (secondary N) is 3. The number of amides is 1. The predicted molar refractivity (Wildman–Crippen MR) is 96.5 cm³/mol. The number of hydrogen-bond acceptors (Lipinski definition) is 5. The zero-order valence-corrected chi connectivity index (χ0v) is 14.3. The van der Waals surface area contributed by atoms with Gasteiger partial charge in [0, 0.05) is 6.20 Å². The van der Waals surface area contributed by atoms with Crippen LogP contribution in [0.15, 0.2) is 46.1 Å². The van der Waals surface area contributed by atoms with E-state index >= 15 is 0 Å². The second kappa shape index (κ2) is 7.22. The van der Waals surface area contributed by atoms with Gasteiger partial charge < -0.3 is 10.1 Å². The van der Waals surface area contributed by atoms with Gasteiger partial charge in [0.05, 0.1) is 23.6 Å². The summed E-state index contributed by atoms with van der Waals surface area (Å²) in [5.41, 5.74) is 0.0437. The highest BCUT2D eigenvalue weighted by molar-refractivity contribution is 5.96. The van der Waals surface area contributed by atoms with Gasteiger partial charge in [0.25, 0.3) is 11.5 Å². The molecule has 3 N–H and O–H groups in total. The first-order valence-corrected chi connectivity index (χ1v) is 8.14. The first-order valence-electron chi connectivity index (χ1n) is 8.14. The molecule has 0 saturated heterocycles. The van der Waals surface area contributed by atoms with Crippen LogP contribution in [-0.2, 0) is 0 Å². The Bertz CT molecular complexity index is 1050. The number of nitrogens with zero attached hydrogens (tertiary/aromatic N) is 1. The summed E-state index contributed by atoms with van der Waals surface area (Å²) in [6, 6.07) is 8.60. The third-order valence-corrected chi connectivity index (χ3v) is 3.89. The molecular formula is C18H18N4O4. The fourth-order valence-corrected chi connectivity index (χ4v) is 2.55. The number of H-pyrrole nitrogens is 2. The SMILES string of the molecule is CCOc1ccc(C(C)NC(=O)c2cnc3[nH]c(=O)[nH]c(=O)c3c2)cc1. The molecular weight excluding hydrogens is 336 g/mol. The van der Waals surface area contributed by atoms with Crippen molar-refractivity contribution in [3.63, 3.8) is 0 Å². The third kappa shape index (κ3) is 3.64. The number of rotatable bonds is 5. The smallest absolute Gasteiger partial charge is 0.327 e. The third-order valence-electron chi connectivity index (χ3n) is 3.89. The van der Waals surface area contributed by atoms with Crippen LogP contribution in [0.2, 0.25) is 0 Å². The lowest BCUT2D eigenvalue weighted by molar-refractivity contribution is 0.0939. The lowest BCUT2D eigenvalue weighted by Gasteiger charge is -2.15. The minimum absolute atomic E-state index is 0.134. The van der Waals surface area contributed by atoms with Gasteiger partial charge in [-0.1, -0.05) is 12.1 Å². The van der Waals surface area contributed by atoms with Crippen LogP contribution < -0.4 is 21.3 Å². The van der Waals surface area contributed by atoms with E-state index in [9.17, 15) is 14.4 Å². The van der Waals surface area contributed by atoms with Crippen LogP contribution in [0.1, 0.15) is 35.8 Å². The van der Waals surface area contributed by atoms with Gasteiger partial charge in [-0.25, -0.2) is 9.78 Å². The van der Waals surface area contributed by atoms with Gasteiger partial charge >= 0.3 is 5.69 Å². The van der Waals surface area contributed by atoms with E-state index in [1.807, 2.05) is 38.1 Å². The van der Waals surface area contributed by atoms with E-state index in [-0.39, 0.29) is 28.5 Å². The summed E-state index contributed by atoms with van der Waals surface area (Å²) in [5, 5.41) is 3.00. The van der Waals surface area contributed by atoms with Crippen LogP contribution >= 0.6 is 0 Å². The molecule has 1 atom stereocenters. The maximum atomic E-state index is 12.5. The minimum Gasteiger partial charge on any atom is -0.494 e. The molecule has 0 aliphatic heterocycles. The fourth-order valence-electron chi connectivity index (χ4n) is 2.55. The molecule has 0 fully saturated rings. The van der Waals surface area contributed by atoms with Gasteiger partial charge in [-0.05, 0) is 37.6 Å². The molecule has 0 saturated carbocycles. The number of carbonyl (C=O) groups excluding carboxylic acids is 1. The van der Waals surface area contributed by atoms with Crippen molar-refractivity contribution < 1.29 is 9.53 Å². The predicted octanol–water partition coefficient (Wildman–Crippen LogP) is 1.50. The van der Waals surface area contributed by atoms with E-state index in [4.69, 9.17) is 4.74 Å². The maximum absolute atomic E-state index is 12.5. The van der Waals surface area contributed by atoms with Crippen molar-refractivity contribution in [2.24, 2.45) is 0 Å². The van der Waals surface area contributed by atoms with Crippen molar-refractivity contribution in [3.05, 3.63) is 68.5 Å². The summed E-state index contributed by atoms with van der Waals surface area (Å²) >= 11 is 0. The number of ether oxygens (including phenoxy) is 1. The van der Waals surface area contributed by atoms with Crippen molar-refractivity contribution in [1.82, 2.24) is 20.3 Å². The largest absolute Gasteiger partial charge is 0.494 e. The highest BCUT2D eigenvalue weighted by Crippen LogP contribution is 2.18. The van der Waals surface area contributed by atoms with E-state index < -0.39 is 11.2 Å². The molecule has 1 aromatic carbocycles. The standard InChI is InChI=1S/C18H18N4O4/c1-3-26-13-6-4-11(5-7-13)10(2)20-16(23)12-8-14-15(19-9-12)21-18(25)22-17(14)24/h4-10H,3H2,1-2H3,(H,20,23)(H2,19,21,22,24,25). The van der Waals surface area contributed by atoms with E-state index in [0.29, 0.717) is 6.61 Å². The number of aromatic nitrogens is 3. The van der Waals surface area contributed by atoms with Crippen molar-refractivity contribution >= 4 is 16.9 Å². The molecule has 3 rings (SSSR count). The zero-order valence-electron chi connectivity index (χ0n) is 14.3. The van der Waals surface area contributed by atoms with E-state index in [0.717, 1.165) is 11.3 Å². The molecule has 8 nitrogen and oxygen atoms in total. The van der Waals surface area contributed by atoms with Crippen LogP contribution in [0, 0.1) is 0 Å². The second-order valence-corrected chi connectivity index (χ2v) is 5.73. The molecule has 0 spiro atoms. The minimum atomic E-state index is -0.642. The molecule has 3 aromatic rings. The van der Waals surface area contributed by atoms with E-state index in [2.05, 4.69) is 20.3 Å². The average Bonchev–Trinajstić information content (AvgIpc) is 2.62. The summed E-state index contributed by atoms with van der Waals surface area (Å²) < 4.78 is 5.40. The Kier molecular flexibility index (Phi) is 4.83. The van der Waals surface area contributed by atoms with Crippen molar-refractivity contribution in [2.75, 3.05) is 6.61 Å². The number of carbonyl (C=O) groups is 1. The maximum Gasteiger partial charge on any atom is 0.327 e. The molecule has 1 amide bonds. The number of aromatic amines is 2. The number of benzene rings is 1. The lowest BCUT2D eigenvalue weighted by atomic mass is 10.1. The molecule has 0 radical (unpaired) electrons. The molecule has 2 heterocycles. The topological polar surface area (TPSA) is 117 Å². The Labute approximate surface area is 148 Å². The van der Waals surface area contributed by atoms with Crippen LogP contribution in [0.5, 0.6) is 5.75 Å². The quantitative estimate of drug-likeness (QED) is 0.642.